The summed E-state index contributed by atoms with van der Waals surface area (Å²) in [6.45, 7) is 0.800. The first-order chi connectivity index (χ1) is 28.9. The second-order valence-electron chi connectivity index (χ2n) is 12.8. The summed E-state index contributed by atoms with van der Waals surface area (Å²) >= 11 is 0. The standard InChI is InChI=1S/3C9H13NO3S.3C3H8O3S.H2/c3*10-14(11,12)7-6-13-8-9-4-2-1-3-5-9;3*1-7(5,6)3-2-4;/h3*1-5H,6-8H2,(H2,10,11,12);3*4H,2-3H2,1H3;1H. The molecule has 0 saturated carbocycles. The molecule has 3 aromatic rings. The zero-order valence-electron chi connectivity index (χ0n) is 35.4. The lowest BCUT2D eigenvalue weighted by molar-refractivity contribution is 0.135. The Balaban J connectivity index is -0.000000347. The molecular weight excluding hydrogens is 955 g/mol. The predicted molar refractivity (Wildman–Crippen MR) is 245 cm³/mol. The van der Waals surface area contributed by atoms with Gasteiger partial charge in [0.25, 0.3) is 0 Å². The van der Waals surface area contributed by atoms with Crippen molar-refractivity contribution in [3.8, 4) is 0 Å². The molecule has 27 heteroatoms. The normalized spacial score (nSPS) is 11.6. The van der Waals surface area contributed by atoms with Crippen LogP contribution in [0.25, 0.3) is 0 Å². The van der Waals surface area contributed by atoms with E-state index in [4.69, 9.17) is 44.9 Å². The highest BCUT2D eigenvalue weighted by molar-refractivity contribution is 7.91. The summed E-state index contributed by atoms with van der Waals surface area (Å²) in [4.78, 5) is 0. The van der Waals surface area contributed by atoms with E-state index < -0.39 is 59.6 Å². The molecule has 3 aromatic carbocycles. The summed E-state index contributed by atoms with van der Waals surface area (Å²) in [5.41, 5.74) is 3.05. The quantitative estimate of drug-likeness (QED) is 0.0682. The molecule has 0 saturated heterocycles. The lowest BCUT2D eigenvalue weighted by Gasteiger charge is -2.02. The van der Waals surface area contributed by atoms with Gasteiger partial charge in [-0.3, -0.25) is 0 Å². The molecule has 0 aliphatic heterocycles. The number of primary sulfonamides is 3. The van der Waals surface area contributed by atoms with E-state index >= 15 is 0 Å². The van der Waals surface area contributed by atoms with Crippen LogP contribution in [-0.2, 0) is 93.6 Å². The zero-order chi connectivity index (χ0) is 49.1. The fourth-order valence-corrected chi connectivity index (χ4v) is 5.36. The third-order valence-electron chi connectivity index (χ3n) is 6.26. The van der Waals surface area contributed by atoms with E-state index in [-0.39, 0.29) is 75.6 Å². The number of aliphatic hydroxyl groups is 3. The van der Waals surface area contributed by atoms with Crippen LogP contribution in [-0.4, -0.2) is 159 Å². The molecule has 0 heterocycles. The van der Waals surface area contributed by atoms with Crippen LogP contribution in [0.4, 0.5) is 0 Å². The largest absolute Gasteiger partial charge is 0.395 e. The molecule has 0 fully saturated rings. The van der Waals surface area contributed by atoms with Gasteiger partial charge in [-0.1, -0.05) is 91.0 Å². The van der Waals surface area contributed by atoms with Gasteiger partial charge in [-0.15, -0.1) is 0 Å². The Morgan fingerprint density at radius 2 is 0.571 bits per heavy atom. The minimum atomic E-state index is -3.40. The van der Waals surface area contributed by atoms with Gasteiger partial charge < -0.3 is 29.5 Å². The van der Waals surface area contributed by atoms with Crippen molar-refractivity contribution in [2.75, 3.05) is 92.9 Å². The minimum Gasteiger partial charge on any atom is -0.395 e. The molecule has 63 heavy (non-hydrogen) atoms. The Morgan fingerprint density at radius 1 is 0.381 bits per heavy atom. The van der Waals surface area contributed by atoms with Crippen molar-refractivity contribution < 1.29 is 81.5 Å². The molecule has 0 aliphatic rings. The fourth-order valence-electron chi connectivity index (χ4n) is 3.32. The van der Waals surface area contributed by atoms with Gasteiger partial charge in [0, 0.05) is 20.2 Å². The van der Waals surface area contributed by atoms with Gasteiger partial charge in [-0.2, -0.15) is 0 Å². The summed E-state index contributed by atoms with van der Waals surface area (Å²) in [5, 5.41) is 38.5. The Kier molecular flexibility index (Phi) is 36.0. The molecule has 0 unspecified atom stereocenters. The Morgan fingerprint density at radius 3 is 0.698 bits per heavy atom. The predicted octanol–water partition coefficient (Wildman–Crippen LogP) is -1.21. The summed E-state index contributed by atoms with van der Waals surface area (Å²) in [6.07, 6.45) is 3.26. The number of benzene rings is 3. The lowest BCUT2D eigenvalue weighted by Crippen LogP contribution is -2.20. The van der Waals surface area contributed by atoms with Crippen LogP contribution in [0.2, 0.25) is 0 Å². The molecule has 0 aliphatic carbocycles. The lowest BCUT2D eigenvalue weighted by atomic mass is 10.2. The molecular formula is C36H65N3O18S6. The first-order valence-electron chi connectivity index (χ1n) is 18.1. The minimum absolute atomic E-state index is 0. The maximum Gasteiger partial charge on any atom is 0.211 e. The fraction of sp³-hybridized carbons (Fsp3) is 0.500. The maximum absolute atomic E-state index is 10.5. The van der Waals surface area contributed by atoms with Crippen LogP contribution in [0.1, 0.15) is 18.1 Å². The molecule has 0 atom stereocenters. The zero-order valence-corrected chi connectivity index (χ0v) is 40.3. The Bertz CT molecular complexity index is 2020. The van der Waals surface area contributed by atoms with Crippen LogP contribution in [0.3, 0.4) is 0 Å². The molecule has 9 N–H and O–H groups in total. The summed E-state index contributed by atoms with van der Waals surface area (Å²) in [5.74, 6) is -0.813. The molecule has 21 nitrogen and oxygen atoms in total. The number of rotatable bonds is 21. The van der Waals surface area contributed by atoms with E-state index in [0.717, 1.165) is 35.5 Å². The van der Waals surface area contributed by atoms with Crippen LogP contribution in [0.5, 0.6) is 0 Å². The van der Waals surface area contributed by atoms with Crippen molar-refractivity contribution in [3.63, 3.8) is 0 Å². The maximum atomic E-state index is 10.5. The van der Waals surface area contributed by atoms with E-state index in [0.29, 0.717) is 19.8 Å². The summed E-state index contributed by atoms with van der Waals surface area (Å²) in [7, 11) is -19.0. The Hall–Kier alpha value is -3.00. The average Bonchev–Trinajstić information content (AvgIpc) is 3.14. The summed E-state index contributed by atoms with van der Waals surface area (Å²) < 4.78 is 139. The van der Waals surface area contributed by atoms with Gasteiger partial charge in [0.05, 0.1) is 94.0 Å². The van der Waals surface area contributed by atoms with Crippen molar-refractivity contribution in [2.45, 2.75) is 19.8 Å². The Labute approximate surface area is 375 Å². The van der Waals surface area contributed by atoms with Crippen molar-refractivity contribution in [1.29, 1.82) is 0 Å². The van der Waals surface area contributed by atoms with Crippen LogP contribution < -0.4 is 15.4 Å². The third kappa shape index (κ3) is 59.0. The number of hydrogen-bond acceptors (Lipinski definition) is 18. The average molecular weight is 1020 g/mol. The smallest absolute Gasteiger partial charge is 0.211 e. The number of nitrogens with two attached hydrogens (primary N) is 3. The molecule has 0 aromatic heterocycles. The van der Waals surface area contributed by atoms with Gasteiger partial charge in [0.2, 0.25) is 30.1 Å². The molecule has 0 amide bonds. The van der Waals surface area contributed by atoms with Crippen LogP contribution in [0.15, 0.2) is 91.0 Å². The van der Waals surface area contributed by atoms with E-state index in [1.165, 1.54) is 0 Å². The van der Waals surface area contributed by atoms with E-state index in [9.17, 15) is 50.5 Å². The molecule has 0 spiro atoms. The van der Waals surface area contributed by atoms with Gasteiger partial charge in [-0.25, -0.2) is 65.9 Å². The summed E-state index contributed by atoms with van der Waals surface area (Å²) in [6, 6.07) is 28.6. The van der Waals surface area contributed by atoms with Gasteiger partial charge in [0.15, 0.2) is 0 Å². The van der Waals surface area contributed by atoms with Gasteiger partial charge in [-0.05, 0) is 16.7 Å². The number of hydrogen-bond donors (Lipinski definition) is 6. The second kappa shape index (κ2) is 35.3. The molecule has 368 valence electrons. The first kappa shape index (κ1) is 64.3. The van der Waals surface area contributed by atoms with E-state index in [2.05, 4.69) is 0 Å². The van der Waals surface area contributed by atoms with Crippen molar-refractivity contribution in [3.05, 3.63) is 108 Å². The van der Waals surface area contributed by atoms with Gasteiger partial charge >= 0.3 is 0 Å². The third-order valence-corrected chi connectivity index (χ3v) is 11.2. The second-order valence-corrected chi connectivity index (χ2v) is 24.8. The van der Waals surface area contributed by atoms with E-state index in [1.807, 2.05) is 91.0 Å². The van der Waals surface area contributed by atoms with Crippen LogP contribution in [0, 0.1) is 0 Å². The van der Waals surface area contributed by atoms with Crippen molar-refractivity contribution >= 4 is 59.6 Å². The number of aliphatic hydroxyl groups excluding tert-OH is 3. The van der Waals surface area contributed by atoms with Crippen molar-refractivity contribution in [2.24, 2.45) is 15.4 Å². The van der Waals surface area contributed by atoms with Gasteiger partial charge in [0.1, 0.15) is 29.5 Å². The number of sulfonamides is 3. The first-order valence-corrected chi connectivity index (χ1v) is 29.5. The van der Waals surface area contributed by atoms with Crippen LogP contribution >= 0.6 is 0 Å². The number of ether oxygens (including phenoxy) is 3. The highest BCUT2D eigenvalue weighted by atomic mass is 32.2. The highest BCUT2D eigenvalue weighted by Gasteiger charge is 2.04. The highest BCUT2D eigenvalue weighted by Crippen LogP contribution is 2.02. The number of sulfone groups is 3. The van der Waals surface area contributed by atoms with E-state index in [1.54, 1.807) is 0 Å². The van der Waals surface area contributed by atoms with Crippen molar-refractivity contribution in [1.82, 2.24) is 0 Å². The SMILES string of the molecule is CS(=O)(=O)CCO.CS(=O)(=O)CCO.CS(=O)(=O)CCO.NS(=O)(=O)CCOCc1ccccc1.NS(=O)(=O)CCOCc1ccccc1.NS(=O)(=O)CCOCc1ccccc1.[HH]. The topological polar surface area (TPSA) is 371 Å². The monoisotopic (exact) mass is 1020 g/mol. The molecule has 0 bridgehead atoms. The molecule has 0 radical (unpaired) electrons. The molecule has 3 rings (SSSR count).